The van der Waals surface area contributed by atoms with Gasteiger partial charge in [-0.05, 0) is 24.6 Å². The molecular weight excluding hydrogens is 252 g/mol. The Labute approximate surface area is 107 Å². The molecule has 1 unspecified atom stereocenters. The highest BCUT2D eigenvalue weighted by atomic mass is 32.1. The van der Waals surface area contributed by atoms with Crippen LogP contribution < -0.4 is 10.6 Å². The van der Waals surface area contributed by atoms with Crippen LogP contribution in [0, 0.1) is 5.92 Å². The van der Waals surface area contributed by atoms with Crippen molar-refractivity contribution >= 4 is 22.4 Å². The van der Waals surface area contributed by atoms with Crippen molar-refractivity contribution in [2.45, 2.75) is 6.42 Å². The minimum Gasteiger partial charge on any atom is -0.462 e. The standard InChI is InChI=1S/C11H12N4O2S/c12-5-7-4-9(16)15(6-7)11-14-13-10(18-11)8-2-1-3-17-8/h1-3,7H,4-6,12H2. The van der Waals surface area contributed by atoms with Gasteiger partial charge in [-0.1, -0.05) is 11.3 Å². The number of amides is 1. The monoisotopic (exact) mass is 264 g/mol. The molecule has 18 heavy (non-hydrogen) atoms. The predicted octanol–water partition coefficient (Wildman–Crippen LogP) is 1.11. The maximum Gasteiger partial charge on any atom is 0.229 e. The number of aromatic nitrogens is 2. The topological polar surface area (TPSA) is 85.3 Å². The van der Waals surface area contributed by atoms with E-state index < -0.39 is 0 Å². The van der Waals surface area contributed by atoms with Gasteiger partial charge in [-0.3, -0.25) is 9.69 Å². The molecule has 6 nitrogen and oxygen atoms in total. The molecule has 3 heterocycles. The lowest BCUT2D eigenvalue weighted by Crippen LogP contribution is -2.25. The lowest BCUT2D eigenvalue weighted by atomic mass is 10.1. The van der Waals surface area contributed by atoms with E-state index in [0.717, 1.165) is 0 Å². The smallest absolute Gasteiger partial charge is 0.229 e. The van der Waals surface area contributed by atoms with Gasteiger partial charge >= 0.3 is 0 Å². The zero-order valence-corrected chi connectivity index (χ0v) is 10.4. The number of anilines is 1. The fraction of sp³-hybridized carbons (Fsp3) is 0.364. The van der Waals surface area contributed by atoms with Gasteiger partial charge in [-0.2, -0.15) is 0 Å². The van der Waals surface area contributed by atoms with E-state index in [1.54, 1.807) is 17.2 Å². The van der Waals surface area contributed by atoms with E-state index >= 15 is 0 Å². The van der Waals surface area contributed by atoms with Crippen LogP contribution in [0.4, 0.5) is 5.13 Å². The number of hydrogen-bond acceptors (Lipinski definition) is 6. The molecule has 1 fully saturated rings. The molecule has 2 aromatic heterocycles. The number of hydrogen-bond donors (Lipinski definition) is 1. The second-order valence-corrected chi connectivity index (χ2v) is 5.13. The highest BCUT2D eigenvalue weighted by molar-refractivity contribution is 7.18. The fourth-order valence-electron chi connectivity index (χ4n) is 1.95. The molecule has 2 aromatic rings. The first-order valence-corrected chi connectivity index (χ1v) is 6.47. The van der Waals surface area contributed by atoms with Crippen molar-refractivity contribution in [1.29, 1.82) is 0 Å². The highest BCUT2D eigenvalue weighted by Gasteiger charge is 2.32. The molecule has 3 rings (SSSR count). The summed E-state index contributed by atoms with van der Waals surface area (Å²) in [7, 11) is 0. The van der Waals surface area contributed by atoms with Gasteiger partial charge in [0.1, 0.15) is 0 Å². The molecule has 0 radical (unpaired) electrons. The Morgan fingerprint density at radius 2 is 2.44 bits per heavy atom. The van der Waals surface area contributed by atoms with Gasteiger partial charge in [0.2, 0.25) is 11.0 Å². The summed E-state index contributed by atoms with van der Waals surface area (Å²) < 4.78 is 5.25. The Bertz CT molecular complexity index is 551. The van der Waals surface area contributed by atoms with Crippen molar-refractivity contribution in [1.82, 2.24) is 10.2 Å². The number of carbonyl (C=O) groups excluding carboxylic acids is 1. The zero-order valence-electron chi connectivity index (χ0n) is 9.57. The van der Waals surface area contributed by atoms with Crippen LogP contribution in [0.1, 0.15) is 6.42 Å². The van der Waals surface area contributed by atoms with Crippen LogP contribution in [-0.2, 0) is 4.79 Å². The normalized spacial score (nSPS) is 19.7. The van der Waals surface area contributed by atoms with Crippen LogP contribution in [0.3, 0.4) is 0 Å². The van der Waals surface area contributed by atoms with Crippen molar-refractivity contribution in [2.24, 2.45) is 11.7 Å². The van der Waals surface area contributed by atoms with Crippen molar-refractivity contribution in [3.63, 3.8) is 0 Å². The van der Waals surface area contributed by atoms with Crippen molar-refractivity contribution < 1.29 is 9.21 Å². The molecule has 94 valence electrons. The summed E-state index contributed by atoms with van der Waals surface area (Å²) in [5.74, 6) is 0.946. The lowest BCUT2D eigenvalue weighted by molar-refractivity contribution is -0.117. The molecule has 1 aliphatic rings. The molecule has 1 saturated heterocycles. The second-order valence-electron chi connectivity index (χ2n) is 4.18. The van der Waals surface area contributed by atoms with E-state index in [0.29, 0.717) is 35.4 Å². The van der Waals surface area contributed by atoms with Gasteiger partial charge in [0, 0.05) is 13.0 Å². The Hall–Kier alpha value is -1.73. The van der Waals surface area contributed by atoms with E-state index in [2.05, 4.69) is 10.2 Å². The quantitative estimate of drug-likeness (QED) is 0.897. The average Bonchev–Trinajstić information content (AvgIpc) is 3.08. The van der Waals surface area contributed by atoms with E-state index in [9.17, 15) is 4.79 Å². The van der Waals surface area contributed by atoms with Crippen molar-refractivity contribution in [3.8, 4) is 10.8 Å². The maximum absolute atomic E-state index is 11.8. The van der Waals surface area contributed by atoms with Crippen molar-refractivity contribution in [3.05, 3.63) is 18.4 Å². The molecule has 0 aromatic carbocycles. The molecule has 1 amide bonds. The SMILES string of the molecule is NCC1CC(=O)N(c2nnc(-c3ccco3)s2)C1. The maximum atomic E-state index is 11.8. The molecule has 1 atom stereocenters. The number of nitrogens with two attached hydrogens (primary N) is 1. The summed E-state index contributed by atoms with van der Waals surface area (Å²) in [5.41, 5.74) is 5.59. The zero-order chi connectivity index (χ0) is 12.5. The second kappa shape index (κ2) is 4.51. The Kier molecular flexibility index (Phi) is 2.85. The first kappa shape index (κ1) is 11.4. The molecule has 0 aliphatic carbocycles. The van der Waals surface area contributed by atoms with Crippen molar-refractivity contribution in [2.75, 3.05) is 18.0 Å². The molecule has 1 aliphatic heterocycles. The Morgan fingerprint density at radius 1 is 1.56 bits per heavy atom. The van der Waals surface area contributed by atoms with Crippen LogP contribution in [-0.4, -0.2) is 29.2 Å². The summed E-state index contributed by atoms with van der Waals surface area (Å²) in [6.45, 7) is 1.15. The molecule has 0 bridgehead atoms. The number of nitrogens with zero attached hydrogens (tertiary/aromatic N) is 3. The van der Waals surface area contributed by atoms with Gasteiger partial charge in [0.25, 0.3) is 0 Å². The fourth-order valence-corrected chi connectivity index (χ4v) is 2.79. The Balaban J connectivity index is 1.84. The van der Waals surface area contributed by atoms with Crippen LogP contribution in [0.15, 0.2) is 22.8 Å². The van der Waals surface area contributed by atoms with Gasteiger partial charge < -0.3 is 10.2 Å². The van der Waals surface area contributed by atoms with E-state index in [1.807, 2.05) is 6.07 Å². The predicted molar refractivity (Wildman–Crippen MR) is 67.1 cm³/mol. The van der Waals surface area contributed by atoms with Crippen LogP contribution in [0.2, 0.25) is 0 Å². The van der Waals surface area contributed by atoms with Crippen LogP contribution in [0.25, 0.3) is 10.8 Å². The largest absolute Gasteiger partial charge is 0.462 e. The van der Waals surface area contributed by atoms with Gasteiger partial charge in [-0.25, -0.2) is 0 Å². The Morgan fingerprint density at radius 3 is 3.11 bits per heavy atom. The van der Waals surface area contributed by atoms with Gasteiger partial charge in [0.15, 0.2) is 10.8 Å². The molecule has 0 saturated carbocycles. The average molecular weight is 264 g/mol. The number of rotatable bonds is 3. The van der Waals surface area contributed by atoms with E-state index in [4.69, 9.17) is 10.2 Å². The van der Waals surface area contributed by atoms with E-state index in [1.165, 1.54) is 11.3 Å². The first-order valence-electron chi connectivity index (χ1n) is 5.65. The molecule has 2 N–H and O–H groups in total. The van der Waals surface area contributed by atoms with Gasteiger partial charge in [-0.15, -0.1) is 10.2 Å². The number of carbonyl (C=O) groups is 1. The summed E-state index contributed by atoms with van der Waals surface area (Å²) in [5, 5.41) is 9.38. The molecular formula is C11H12N4O2S. The van der Waals surface area contributed by atoms with E-state index in [-0.39, 0.29) is 11.8 Å². The third-order valence-corrected chi connectivity index (χ3v) is 3.88. The van der Waals surface area contributed by atoms with Gasteiger partial charge in [0.05, 0.1) is 6.26 Å². The molecule has 0 spiro atoms. The first-order chi connectivity index (χ1) is 8.78. The minimum absolute atomic E-state index is 0.0626. The summed E-state index contributed by atoms with van der Waals surface area (Å²) in [6.07, 6.45) is 2.08. The lowest BCUT2D eigenvalue weighted by Gasteiger charge is -2.10. The number of furan rings is 1. The van der Waals surface area contributed by atoms with Crippen LogP contribution in [0.5, 0.6) is 0 Å². The molecule has 7 heteroatoms. The third-order valence-electron chi connectivity index (χ3n) is 2.92. The summed E-state index contributed by atoms with van der Waals surface area (Å²) in [4.78, 5) is 13.5. The minimum atomic E-state index is 0.0626. The van der Waals surface area contributed by atoms with Crippen LogP contribution >= 0.6 is 11.3 Å². The third kappa shape index (κ3) is 1.91. The highest BCUT2D eigenvalue weighted by Crippen LogP contribution is 2.32. The summed E-state index contributed by atoms with van der Waals surface area (Å²) >= 11 is 1.35. The summed E-state index contributed by atoms with van der Waals surface area (Å²) in [6, 6.07) is 3.61.